The minimum absolute atomic E-state index is 0.562. The van der Waals surface area contributed by atoms with Crippen molar-refractivity contribution < 1.29 is 4.42 Å². The van der Waals surface area contributed by atoms with Crippen LogP contribution in [0.4, 0.5) is 11.6 Å². The Hall–Kier alpha value is -2.04. The summed E-state index contributed by atoms with van der Waals surface area (Å²) in [6.07, 6.45) is 5.90. The van der Waals surface area contributed by atoms with Gasteiger partial charge in [-0.1, -0.05) is 13.3 Å². The SMILES string of the molecule is CCCc1c(N)ncnc1NCCc1ccco1. The van der Waals surface area contributed by atoms with Crippen molar-refractivity contribution >= 4 is 11.6 Å². The van der Waals surface area contributed by atoms with Crippen LogP contribution in [0.2, 0.25) is 0 Å². The predicted octanol–water partition coefficient (Wildman–Crippen LogP) is 2.26. The van der Waals surface area contributed by atoms with Gasteiger partial charge < -0.3 is 15.5 Å². The van der Waals surface area contributed by atoms with E-state index in [-0.39, 0.29) is 0 Å². The van der Waals surface area contributed by atoms with Gasteiger partial charge in [-0.15, -0.1) is 0 Å². The van der Waals surface area contributed by atoms with Gasteiger partial charge in [-0.2, -0.15) is 0 Å². The van der Waals surface area contributed by atoms with Gasteiger partial charge in [0.2, 0.25) is 0 Å². The summed E-state index contributed by atoms with van der Waals surface area (Å²) in [5, 5.41) is 3.29. The molecular formula is C13H18N4O. The molecular weight excluding hydrogens is 228 g/mol. The highest BCUT2D eigenvalue weighted by Crippen LogP contribution is 2.18. The second kappa shape index (κ2) is 6.05. The number of rotatable bonds is 6. The van der Waals surface area contributed by atoms with Crippen molar-refractivity contribution in [3.63, 3.8) is 0 Å². The quantitative estimate of drug-likeness (QED) is 0.817. The number of furan rings is 1. The molecule has 2 aromatic heterocycles. The molecule has 0 aliphatic rings. The summed E-state index contributed by atoms with van der Waals surface area (Å²) in [5.74, 6) is 2.35. The largest absolute Gasteiger partial charge is 0.469 e. The van der Waals surface area contributed by atoms with E-state index in [9.17, 15) is 0 Å². The molecule has 2 rings (SSSR count). The summed E-state index contributed by atoms with van der Waals surface area (Å²) >= 11 is 0. The van der Waals surface area contributed by atoms with E-state index in [1.165, 1.54) is 6.33 Å². The summed E-state index contributed by atoms with van der Waals surface area (Å²) in [4.78, 5) is 8.27. The number of nitrogens with one attached hydrogen (secondary N) is 1. The highest BCUT2D eigenvalue weighted by molar-refractivity contribution is 5.54. The van der Waals surface area contributed by atoms with Crippen LogP contribution in [-0.2, 0) is 12.8 Å². The van der Waals surface area contributed by atoms with Gasteiger partial charge in [0.25, 0.3) is 0 Å². The van der Waals surface area contributed by atoms with E-state index in [4.69, 9.17) is 10.2 Å². The summed E-state index contributed by atoms with van der Waals surface area (Å²) in [7, 11) is 0. The predicted molar refractivity (Wildman–Crippen MR) is 71.3 cm³/mol. The molecule has 0 aliphatic heterocycles. The zero-order valence-electron chi connectivity index (χ0n) is 10.5. The van der Waals surface area contributed by atoms with E-state index < -0.39 is 0 Å². The summed E-state index contributed by atoms with van der Waals surface area (Å²) in [6.45, 7) is 2.87. The molecule has 5 heteroatoms. The number of nitrogen functional groups attached to an aromatic ring is 1. The van der Waals surface area contributed by atoms with Crippen LogP contribution in [0.15, 0.2) is 29.1 Å². The van der Waals surface area contributed by atoms with Crippen molar-refractivity contribution in [2.45, 2.75) is 26.2 Å². The first-order chi connectivity index (χ1) is 8.81. The third-order valence-corrected chi connectivity index (χ3v) is 2.72. The molecule has 0 unspecified atom stereocenters. The number of hydrogen-bond donors (Lipinski definition) is 2. The minimum Gasteiger partial charge on any atom is -0.469 e. The van der Waals surface area contributed by atoms with Gasteiger partial charge in [0.15, 0.2) is 0 Å². The molecule has 0 amide bonds. The highest BCUT2D eigenvalue weighted by atomic mass is 16.3. The zero-order chi connectivity index (χ0) is 12.8. The van der Waals surface area contributed by atoms with Crippen molar-refractivity contribution in [2.75, 3.05) is 17.6 Å². The first-order valence-corrected chi connectivity index (χ1v) is 6.17. The zero-order valence-corrected chi connectivity index (χ0v) is 10.5. The molecule has 0 aromatic carbocycles. The second-order valence-electron chi connectivity index (χ2n) is 4.09. The van der Waals surface area contributed by atoms with E-state index >= 15 is 0 Å². The monoisotopic (exact) mass is 246 g/mol. The molecule has 18 heavy (non-hydrogen) atoms. The Morgan fingerprint density at radius 2 is 2.22 bits per heavy atom. The van der Waals surface area contributed by atoms with Crippen molar-refractivity contribution in [1.82, 2.24) is 9.97 Å². The Morgan fingerprint density at radius 3 is 2.94 bits per heavy atom. The molecule has 0 saturated carbocycles. The Bertz CT molecular complexity index is 482. The molecule has 96 valence electrons. The summed E-state index contributed by atoms with van der Waals surface area (Å²) in [6, 6.07) is 3.85. The Labute approximate surface area is 106 Å². The van der Waals surface area contributed by atoms with E-state index in [1.807, 2.05) is 12.1 Å². The van der Waals surface area contributed by atoms with Crippen LogP contribution in [0.1, 0.15) is 24.7 Å². The van der Waals surface area contributed by atoms with Crippen LogP contribution in [-0.4, -0.2) is 16.5 Å². The van der Waals surface area contributed by atoms with E-state index in [1.54, 1.807) is 6.26 Å². The Balaban J connectivity index is 1.98. The Kier molecular flexibility index (Phi) is 4.17. The standard InChI is InChI=1S/C13H18N4O/c1-2-4-11-12(14)16-9-17-13(11)15-7-6-10-5-3-8-18-10/h3,5,8-9H,2,4,6-7H2,1H3,(H3,14,15,16,17). The fourth-order valence-electron chi connectivity index (χ4n) is 1.83. The maximum atomic E-state index is 5.86. The van der Waals surface area contributed by atoms with Crippen LogP contribution in [0.25, 0.3) is 0 Å². The summed E-state index contributed by atoms with van der Waals surface area (Å²) in [5.41, 5.74) is 6.86. The maximum Gasteiger partial charge on any atom is 0.134 e. The third kappa shape index (κ3) is 3.00. The number of hydrogen-bond acceptors (Lipinski definition) is 5. The van der Waals surface area contributed by atoms with Gasteiger partial charge in [-0.25, -0.2) is 9.97 Å². The van der Waals surface area contributed by atoms with Crippen molar-refractivity contribution in [3.8, 4) is 0 Å². The molecule has 0 bridgehead atoms. The molecule has 0 fully saturated rings. The van der Waals surface area contributed by atoms with E-state index in [0.717, 1.165) is 42.9 Å². The molecule has 0 radical (unpaired) electrons. The number of nitrogens with two attached hydrogens (primary N) is 1. The topological polar surface area (TPSA) is 77.0 Å². The molecule has 2 heterocycles. The molecule has 0 atom stereocenters. The fourth-order valence-corrected chi connectivity index (χ4v) is 1.83. The minimum atomic E-state index is 0.562. The van der Waals surface area contributed by atoms with Gasteiger partial charge in [0.05, 0.1) is 6.26 Å². The average Bonchev–Trinajstić information content (AvgIpc) is 2.86. The molecule has 5 nitrogen and oxygen atoms in total. The van der Waals surface area contributed by atoms with Gasteiger partial charge in [0, 0.05) is 18.5 Å². The first-order valence-electron chi connectivity index (χ1n) is 6.17. The van der Waals surface area contributed by atoms with Gasteiger partial charge in [-0.3, -0.25) is 0 Å². The molecule has 3 N–H and O–H groups in total. The molecule has 0 spiro atoms. The van der Waals surface area contributed by atoms with Gasteiger partial charge >= 0.3 is 0 Å². The third-order valence-electron chi connectivity index (χ3n) is 2.72. The number of anilines is 2. The lowest BCUT2D eigenvalue weighted by Crippen LogP contribution is -2.10. The highest BCUT2D eigenvalue weighted by Gasteiger charge is 2.07. The lowest BCUT2D eigenvalue weighted by atomic mass is 10.1. The lowest BCUT2D eigenvalue weighted by Gasteiger charge is -2.11. The number of aromatic nitrogens is 2. The smallest absolute Gasteiger partial charge is 0.134 e. The van der Waals surface area contributed by atoms with E-state index in [2.05, 4.69) is 22.2 Å². The van der Waals surface area contributed by atoms with Gasteiger partial charge in [-0.05, 0) is 18.6 Å². The van der Waals surface area contributed by atoms with Crippen LogP contribution < -0.4 is 11.1 Å². The van der Waals surface area contributed by atoms with Crippen molar-refractivity contribution in [1.29, 1.82) is 0 Å². The molecule has 0 aliphatic carbocycles. The van der Waals surface area contributed by atoms with Crippen LogP contribution in [0.5, 0.6) is 0 Å². The average molecular weight is 246 g/mol. The van der Waals surface area contributed by atoms with Crippen molar-refractivity contribution in [3.05, 3.63) is 36.0 Å². The summed E-state index contributed by atoms with van der Waals surface area (Å²) < 4.78 is 5.28. The Morgan fingerprint density at radius 1 is 1.33 bits per heavy atom. The van der Waals surface area contributed by atoms with Crippen LogP contribution >= 0.6 is 0 Å². The number of nitrogens with zero attached hydrogens (tertiary/aromatic N) is 2. The van der Waals surface area contributed by atoms with Crippen LogP contribution in [0.3, 0.4) is 0 Å². The van der Waals surface area contributed by atoms with Crippen molar-refractivity contribution in [2.24, 2.45) is 0 Å². The van der Waals surface area contributed by atoms with E-state index in [0.29, 0.717) is 5.82 Å². The normalized spacial score (nSPS) is 10.5. The fraction of sp³-hybridized carbons (Fsp3) is 0.385. The lowest BCUT2D eigenvalue weighted by molar-refractivity contribution is 0.513. The first kappa shape index (κ1) is 12.4. The maximum absolute atomic E-state index is 5.86. The molecule has 2 aromatic rings. The molecule has 0 saturated heterocycles. The van der Waals surface area contributed by atoms with Crippen LogP contribution in [0, 0.1) is 0 Å². The van der Waals surface area contributed by atoms with Gasteiger partial charge in [0.1, 0.15) is 23.7 Å². The second-order valence-corrected chi connectivity index (χ2v) is 4.09.